The normalized spacial score (nSPS) is 16.8. The molecule has 1 fully saturated rings. The van der Waals surface area contributed by atoms with Gasteiger partial charge in [-0.15, -0.1) is 0 Å². The molecule has 1 N–H and O–H groups in total. The monoisotopic (exact) mass is 550 g/mol. The second-order valence-corrected chi connectivity index (χ2v) is 10.4. The molecule has 39 heavy (non-hydrogen) atoms. The molecule has 0 saturated carbocycles. The molecular formula is C32H27ClN4OS. The van der Waals surface area contributed by atoms with E-state index in [0.717, 1.165) is 44.8 Å². The van der Waals surface area contributed by atoms with Crippen LogP contribution in [0.4, 0.5) is 5.69 Å². The summed E-state index contributed by atoms with van der Waals surface area (Å²) in [5, 5.41) is 4.93. The van der Waals surface area contributed by atoms with Gasteiger partial charge in [0.2, 0.25) is 0 Å². The molecule has 3 aromatic carbocycles. The highest BCUT2D eigenvalue weighted by atomic mass is 35.5. The number of aromatic nitrogens is 2. The summed E-state index contributed by atoms with van der Waals surface area (Å²) < 4.78 is 8.27. The number of hydrogen-bond acceptors (Lipinski definition) is 3. The lowest BCUT2D eigenvalue weighted by molar-refractivity contribution is 0.482. The number of nitrogens with one attached hydrogen (secondary N) is 1. The molecule has 2 atom stereocenters. The minimum atomic E-state index is -0.151. The highest BCUT2D eigenvalue weighted by Gasteiger charge is 2.42. The van der Waals surface area contributed by atoms with E-state index in [4.69, 9.17) is 28.6 Å². The van der Waals surface area contributed by atoms with E-state index >= 15 is 0 Å². The van der Waals surface area contributed by atoms with Crippen molar-refractivity contribution in [3.05, 3.63) is 137 Å². The van der Waals surface area contributed by atoms with Crippen LogP contribution < -0.4 is 15.0 Å². The Hall–Kier alpha value is -4.13. The third-order valence-corrected chi connectivity index (χ3v) is 7.71. The Kier molecular flexibility index (Phi) is 6.81. The predicted octanol–water partition coefficient (Wildman–Crippen LogP) is 8.11. The lowest BCUT2D eigenvalue weighted by Gasteiger charge is -2.29. The number of aryl methyl sites for hydroxylation is 2. The Morgan fingerprint density at radius 3 is 2.26 bits per heavy atom. The van der Waals surface area contributed by atoms with Gasteiger partial charge in [0.05, 0.1) is 11.7 Å². The maximum absolute atomic E-state index is 6.34. The maximum Gasteiger partial charge on any atom is 0.174 e. The molecule has 5 aromatic rings. The van der Waals surface area contributed by atoms with Crippen LogP contribution in [0, 0.1) is 13.8 Å². The standard InChI is InChI=1S/C32H27ClN4OS/c1-21-8-13-25(14-9-21)38-26-15-10-23(11-16-26)37-31(30(35-32(37)39)28-6-3-4-18-34-28)29-7-5-19-36(29)24-12-17-27(33)22(2)20-24/h3-20,30-31H,1-2H3,(H,35,39)/t30-,31-/m1/s1. The van der Waals surface area contributed by atoms with Crippen molar-refractivity contribution in [2.75, 3.05) is 4.90 Å². The summed E-state index contributed by atoms with van der Waals surface area (Å²) in [4.78, 5) is 6.85. The van der Waals surface area contributed by atoms with E-state index in [0.29, 0.717) is 5.11 Å². The van der Waals surface area contributed by atoms with Gasteiger partial charge in [0, 0.05) is 34.5 Å². The summed E-state index contributed by atoms with van der Waals surface area (Å²) in [5.41, 5.74) is 6.23. The van der Waals surface area contributed by atoms with Gasteiger partial charge in [-0.1, -0.05) is 35.4 Å². The highest BCUT2D eigenvalue weighted by Crippen LogP contribution is 2.42. The molecule has 0 amide bonds. The van der Waals surface area contributed by atoms with Gasteiger partial charge in [-0.05, 0) is 110 Å². The van der Waals surface area contributed by atoms with Gasteiger partial charge in [-0.3, -0.25) is 4.98 Å². The molecule has 3 heterocycles. The highest BCUT2D eigenvalue weighted by molar-refractivity contribution is 7.80. The average molecular weight is 551 g/mol. The predicted molar refractivity (Wildman–Crippen MR) is 161 cm³/mol. The summed E-state index contributed by atoms with van der Waals surface area (Å²) in [7, 11) is 0. The smallest absolute Gasteiger partial charge is 0.174 e. The third-order valence-electron chi connectivity index (χ3n) is 6.97. The van der Waals surface area contributed by atoms with Gasteiger partial charge in [-0.25, -0.2) is 0 Å². The van der Waals surface area contributed by atoms with Crippen LogP contribution in [0.2, 0.25) is 5.02 Å². The van der Waals surface area contributed by atoms with Crippen molar-refractivity contribution in [3.63, 3.8) is 0 Å². The topological polar surface area (TPSA) is 42.3 Å². The molecular weight excluding hydrogens is 524 g/mol. The minimum Gasteiger partial charge on any atom is -0.457 e. The molecule has 2 aromatic heterocycles. The van der Waals surface area contributed by atoms with Crippen LogP contribution in [-0.2, 0) is 0 Å². The van der Waals surface area contributed by atoms with Crippen molar-refractivity contribution in [1.29, 1.82) is 0 Å². The molecule has 0 aliphatic carbocycles. The van der Waals surface area contributed by atoms with Gasteiger partial charge in [-0.2, -0.15) is 0 Å². The first-order chi connectivity index (χ1) is 19.0. The van der Waals surface area contributed by atoms with Crippen molar-refractivity contribution >= 4 is 34.6 Å². The minimum absolute atomic E-state index is 0.149. The molecule has 0 bridgehead atoms. The van der Waals surface area contributed by atoms with Gasteiger partial charge in [0.15, 0.2) is 5.11 Å². The van der Waals surface area contributed by atoms with E-state index in [1.54, 1.807) is 0 Å². The number of anilines is 1. The zero-order chi connectivity index (χ0) is 26.9. The Morgan fingerprint density at radius 2 is 1.56 bits per heavy atom. The number of nitrogens with zero attached hydrogens (tertiary/aromatic N) is 3. The summed E-state index contributed by atoms with van der Waals surface area (Å²) in [6, 6.07) is 32.0. The van der Waals surface area contributed by atoms with Crippen LogP contribution in [0.1, 0.15) is 34.6 Å². The largest absolute Gasteiger partial charge is 0.457 e. The molecule has 1 aliphatic heterocycles. The zero-order valence-corrected chi connectivity index (χ0v) is 23.2. The average Bonchev–Trinajstić information content (AvgIpc) is 3.57. The summed E-state index contributed by atoms with van der Waals surface area (Å²) >= 11 is 12.3. The SMILES string of the molecule is Cc1ccc(Oc2ccc(N3C(=S)N[C@H](c4ccccn4)[C@H]3c3cccn3-c3ccc(Cl)c(C)c3)cc2)cc1. The first-order valence-corrected chi connectivity index (χ1v) is 13.6. The van der Waals surface area contributed by atoms with E-state index in [1.807, 2.05) is 92.0 Å². The molecule has 6 rings (SSSR count). The van der Waals surface area contributed by atoms with Gasteiger partial charge < -0.3 is 19.5 Å². The molecule has 194 valence electrons. The first kappa shape index (κ1) is 25.2. The molecule has 0 radical (unpaired) electrons. The lowest BCUT2D eigenvalue weighted by atomic mass is 10.0. The zero-order valence-electron chi connectivity index (χ0n) is 21.6. The fraction of sp³-hybridized carbons (Fsp3) is 0.125. The molecule has 1 aliphatic rings. The molecule has 7 heteroatoms. The second kappa shape index (κ2) is 10.6. The molecule has 5 nitrogen and oxygen atoms in total. The Balaban J connectivity index is 1.39. The number of hydrogen-bond donors (Lipinski definition) is 1. The fourth-order valence-corrected chi connectivity index (χ4v) is 5.46. The lowest BCUT2D eigenvalue weighted by Crippen LogP contribution is -2.30. The number of benzene rings is 3. The number of pyridine rings is 1. The Morgan fingerprint density at radius 1 is 0.846 bits per heavy atom. The molecule has 1 saturated heterocycles. The van der Waals surface area contributed by atoms with Crippen LogP contribution in [-0.4, -0.2) is 14.7 Å². The Labute approximate surface area is 238 Å². The van der Waals surface area contributed by atoms with E-state index in [1.165, 1.54) is 5.56 Å². The van der Waals surface area contributed by atoms with Crippen molar-refractivity contribution in [2.24, 2.45) is 0 Å². The fourth-order valence-electron chi connectivity index (χ4n) is 5.00. The number of rotatable bonds is 6. The van der Waals surface area contributed by atoms with Crippen molar-refractivity contribution in [3.8, 4) is 17.2 Å². The van der Waals surface area contributed by atoms with Crippen LogP contribution in [0.25, 0.3) is 5.69 Å². The first-order valence-electron chi connectivity index (χ1n) is 12.8. The van der Waals surface area contributed by atoms with E-state index in [-0.39, 0.29) is 12.1 Å². The maximum atomic E-state index is 6.34. The van der Waals surface area contributed by atoms with E-state index in [2.05, 4.69) is 51.1 Å². The summed E-state index contributed by atoms with van der Waals surface area (Å²) in [6.45, 7) is 4.08. The summed E-state index contributed by atoms with van der Waals surface area (Å²) in [6.07, 6.45) is 3.89. The van der Waals surface area contributed by atoms with Gasteiger partial charge in [0.1, 0.15) is 17.5 Å². The van der Waals surface area contributed by atoms with E-state index in [9.17, 15) is 0 Å². The van der Waals surface area contributed by atoms with Crippen molar-refractivity contribution in [2.45, 2.75) is 25.9 Å². The van der Waals surface area contributed by atoms with Crippen LogP contribution in [0.5, 0.6) is 11.5 Å². The van der Waals surface area contributed by atoms with Crippen molar-refractivity contribution in [1.82, 2.24) is 14.9 Å². The third kappa shape index (κ3) is 5.01. The quantitative estimate of drug-likeness (QED) is 0.216. The van der Waals surface area contributed by atoms with Crippen LogP contribution >= 0.6 is 23.8 Å². The number of ether oxygens (including phenoxy) is 1. The molecule has 0 unspecified atom stereocenters. The van der Waals surface area contributed by atoms with Crippen LogP contribution in [0.3, 0.4) is 0 Å². The van der Waals surface area contributed by atoms with Gasteiger partial charge >= 0.3 is 0 Å². The van der Waals surface area contributed by atoms with E-state index < -0.39 is 0 Å². The molecule has 0 spiro atoms. The number of thiocarbonyl (C=S) groups is 1. The second-order valence-electron chi connectivity index (χ2n) is 9.64. The number of halogens is 1. The van der Waals surface area contributed by atoms with Gasteiger partial charge in [0.25, 0.3) is 0 Å². The van der Waals surface area contributed by atoms with Crippen LogP contribution in [0.15, 0.2) is 109 Å². The summed E-state index contributed by atoms with van der Waals surface area (Å²) in [5.74, 6) is 1.56. The van der Waals surface area contributed by atoms with Crippen molar-refractivity contribution < 1.29 is 4.74 Å². The Bertz CT molecular complexity index is 1620.